The number of hydrogen-bond acceptors (Lipinski definition) is 2. The van der Waals surface area contributed by atoms with E-state index in [2.05, 4.69) is 21.2 Å². The fourth-order valence-electron chi connectivity index (χ4n) is 2.06. The third-order valence-corrected chi connectivity index (χ3v) is 4.07. The van der Waals surface area contributed by atoms with Crippen molar-refractivity contribution in [1.82, 2.24) is 10.2 Å². The molecule has 1 heterocycles. The van der Waals surface area contributed by atoms with E-state index in [9.17, 15) is 4.79 Å². The van der Waals surface area contributed by atoms with Gasteiger partial charge in [-0.25, -0.2) is 0 Å². The summed E-state index contributed by atoms with van der Waals surface area (Å²) in [6.45, 7) is 2.84. The average molecular weight is 332 g/mol. The Balaban J connectivity index is 1.81. The quantitative estimate of drug-likeness (QED) is 0.920. The molecule has 98 valence electrons. The highest BCUT2D eigenvalue weighted by atomic mass is 79.9. The molecule has 0 unspecified atom stereocenters. The van der Waals surface area contributed by atoms with Crippen LogP contribution in [0.4, 0.5) is 0 Å². The molecule has 1 aliphatic heterocycles. The van der Waals surface area contributed by atoms with Crippen molar-refractivity contribution >= 4 is 33.4 Å². The number of likely N-dealkylation sites (tertiary alicyclic amines) is 1. The molecule has 0 bridgehead atoms. The Morgan fingerprint density at radius 1 is 1.39 bits per heavy atom. The topological polar surface area (TPSA) is 32.3 Å². The summed E-state index contributed by atoms with van der Waals surface area (Å²) in [5.41, 5.74) is 1.07. The summed E-state index contributed by atoms with van der Waals surface area (Å²) in [4.78, 5) is 13.7. The molecular formula is C13H16BrClN2O. The lowest BCUT2D eigenvalue weighted by Crippen LogP contribution is -2.36. The highest BCUT2D eigenvalue weighted by Crippen LogP contribution is 2.20. The minimum absolute atomic E-state index is 0.186. The van der Waals surface area contributed by atoms with Gasteiger partial charge in [-0.15, -0.1) is 0 Å². The van der Waals surface area contributed by atoms with Crippen LogP contribution in [-0.2, 0) is 11.3 Å². The molecular weight excluding hydrogens is 316 g/mol. The summed E-state index contributed by atoms with van der Waals surface area (Å²) in [5, 5.41) is 3.88. The standard InChI is InChI=1S/C13H16BrClN2O/c14-12-4-3-11(15)7-10(12)8-16-9-13(18)17-5-1-2-6-17/h3-4,7,16H,1-2,5-6,8-9H2. The van der Waals surface area contributed by atoms with Gasteiger partial charge in [0, 0.05) is 29.1 Å². The van der Waals surface area contributed by atoms with Gasteiger partial charge in [-0.2, -0.15) is 0 Å². The molecule has 0 atom stereocenters. The fraction of sp³-hybridized carbons (Fsp3) is 0.462. The van der Waals surface area contributed by atoms with Gasteiger partial charge >= 0.3 is 0 Å². The van der Waals surface area contributed by atoms with Crippen LogP contribution in [0.15, 0.2) is 22.7 Å². The molecule has 0 saturated carbocycles. The smallest absolute Gasteiger partial charge is 0.236 e. The van der Waals surface area contributed by atoms with Crippen LogP contribution in [0.3, 0.4) is 0 Å². The van der Waals surface area contributed by atoms with E-state index in [1.54, 1.807) is 0 Å². The maximum Gasteiger partial charge on any atom is 0.236 e. The number of hydrogen-bond donors (Lipinski definition) is 1. The Hall–Kier alpha value is -0.580. The Labute approximate surface area is 121 Å². The number of nitrogens with one attached hydrogen (secondary N) is 1. The second-order valence-electron chi connectivity index (χ2n) is 4.43. The van der Waals surface area contributed by atoms with Crippen LogP contribution >= 0.6 is 27.5 Å². The van der Waals surface area contributed by atoms with E-state index < -0.39 is 0 Å². The van der Waals surface area contributed by atoms with Crippen LogP contribution < -0.4 is 5.32 Å². The molecule has 0 aliphatic carbocycles. The minimum Gasteiger partial charge on any atom is -0.342 e. The third-order valence-electron chi connectivity index (χ3n) is 3.06. The van der Waals surface area contributed by atoms with Crippen LogP contribution in [0.1, 0.15) is 18.4 Å². The lowest BCUT2D eigenvalue weighted by Gasteiger charge is -2.15. The fourth-order valence-corrected chi connectivity index (χ4v) is 2.64. The first-order valence-electron chi connectivity index (χ1n) is 6.09. The van der Waals surface area contributed by atoms with E-state index in [4.69, 9.17) is 11.6 Å². The predicted octanol–water partition coefficient (Wildman–Crippen LogP) is 2.81. The molecule has 18 heavy (non-hydrogen) atoms. The molecule has 0 radical (unpaired) electrons. The zero-order valence-corrected chi connectivity index (χ0v) is 12.4. The highest BCUT2D eigenvalue weighted by molar-refractivity contribution is 9.10. The van der Waals surface area contributed by atoms with E-state index >= 15 is 0 Å². The first kappa shape index (κ1) is 13.8. The van der Waals surface area contributed by atoms with Crippen LogP contribution in [-0.4, -0.2) is 30.4 Å². The molecule has 1 aromatic rings. The van der Waals surface area contributed by atoms with Gasteiger partial charge in [0.05, 0.1) is 6.54 Å². The summed E-state index contributed by atoms with van der Waals surface area (Å²) in [7, 11) is 0. The first-order valence-corrected chi connectivity index (χ1v) is 7.26. The van der Waals surface area contributed by atoms with Crippen LogP contribution in [0.5, 0.6) is 0 Å². The normalized spacial score (nSPS) is 15.1. The molecule has 0 aromatic heterocycles. The maximum atomic E-state index is 11.8. The van der Waals surface area contributed by atoms with Crippen LogP contribution in [0.2, 0.25) is 5.02 Å². The minimum atomic E-state index is 0.186. The maximum absolute atomic E-state index is 11.8. The predicted molar refractivity (Wildman–Crippen MR) is 76.7 cm³/mol. The van der Waals surface area contributed by atoms with Crippen molar-refractivity contribution in [2.75, 3.05) is 19.6 Å². The lowest BCUT2D eigenvalue weighted by molar-refractivity contribution is -0.129. The van der Waals surface area contributed by atoms with Crippen LogP contribution in [0, 0.1) is 0 Å². The van der Waals surface area contributed by atoms with Gasteiger partial charge in [0.25, 0.3) is 0 Å². The molecule has 0 spiro atoms. The number of amides is 1. The summed E-state index contributed by atoms with van der Waals surface area (Å²) in [5.74, 6) is 0.186. The molecule has 1 fully saturated rings. The second-order valence-corrected chi connectivity index (χ2v) is 5.72. The Morgan fingerprint density at radius 3 is 2.83 bits per heavy atom. The first-order chi connectivity index (χ1) is 8.66. The zero-order chi connectivity index (χ0) is 13.0. The molecule has 3 nitrogen and oxygen atoms in total. The number of rotatable bonds is 4. The largest absolute Gasteiger partial charge is 0.342 e. The van der Waals surface area contributed by atoms with Crippen molar-refractivity contribution in [1.29, 1.82) is 0 Å². The Bertz CT molecular complexity index is 433. The van der Waals surface area contributed by atoms with E-state index in [1.165, 1.54) is 0 Å². The van der Waals surface area contributed by atoms with E-state index in [0.29, 0.717) is 18.1 Å². The Morgan fingerprint density at radius 2 is 2.11 bits per heavy atom. The second kappa shape index (κ2) is 6.55. The molecule has 1 aromatic carbocycles. The Kier molecular flexibility index (Phi) is 5.03. The van der Waals surface area contributed by atoms with Crippen molar-refractivity contribution in [3.05, 3.63) is 33.3 Å². The number of carbonyl (C=O) groups excluding carboxylic acids is 1. The number of carbonyl (C=O) groups is 1. The van der Waals surface area contributed by atoms with Gasteiger partial charge in [-0.3, -0.25) is 4.79 Å². The average Bonchev–Trinajstić information content (AvgIpc) is 2.87. The van der Waals surface area contributed by atoms with Gasteiger partial charge in [0.15, 0.2) is 0 Å². The molecule has 1 saturated heterocycles. The van der Waals surface area contributed by atoms with Crippen molar-refractivity contribution in [2.45, 2.75) is 19.4 Å². The summed E-state index contributed by atoms with van der Waals surface area (Å²) in [6.07, 6.45) is 2.26. The van der Waals surface area contributed by atoms with E-state index in [1.807, 2.05) is 23.1 Å². The van der Waals surface area contributed by atoms with Gasteiger partial charge in [-0.05, 0) is 36.6 Å². The lowest BCUT2D eigenvalue weighted by atomic mass is 10.2. The van der Waals surface area contributed by atoms with Crippen molar-refractivity contribution in [3.63, 3.8) is 0 Å². The van der Waals surface area contributed by atoms with Crippen molar-refractivity contribution < 1.29 is 4.79 Å². The van der Waals surface area contributed by atoms with Gasteiger partial charge in [0.2, 0.25) is 5.91 Å². The van der Waals surface area contributed by atoms with Gasteiger partial charge in [0.1, 0.15) is 0 Å². The summed E-state index contributed by atoms with van der Waals surface area (Å²) >= 11 is 9.41. The third kappa shape index (κ3) is 3.70. The molecule has 1 aliphatic rings. The molecule has 1 amide bonds. The molecule has 2 rings (SSSR count). The van der Waals surface area contributed by atoms with Crippen LogP contribution in [0.25, 0.3) is 0 Å². The number of benzene rings is 1. The summed E-state index contributed by atoms with van der Waals surface area (Å²) in [6, 6.07) is 5.66. The van der Waals surface area contributed by atoms with E-state index in [-0.39, 0.29) is 5.91 Å². The molecule has 1 N–H and O–H groups in total. The number of halogens is 2. The SMILES string of the molecule is O=C(CNCc1cc(Cl)ccc1Br)N1CCCC1. The molecule has 5 heteroatoms. The summed E-state index contributed by atoms with van der Waals surface area (Å²) < 4.78 is 1.01. The van der Waals surface area contributed by atoms with Gasteiger partial charge < -0.3 is 10.2 Å². The zero-order valence-electron chi connectivity index (χ0n) is 10.1. The van der Waals surface area contributed by atoms with E-state index in [0.717, 1.165) is 36.0 Å². The van der Waals surface area contributed by atoms with Crippen molar-refractivity contribution in [2.24, 2.45) is 0 Å². The monoisotopic (exact) mass is 330 g/mol. The van der Waals surface area contributed by atoms with Crippen molar-refractivity contribution in [3.8, 4) is 0 Å². The highest BCUT2D eigenvalue weighted by Gasteiger charge is 2.17. The number of nitrogens with zero attached hydrogens (tertiary/aromatic N) is 1. The van der Waals surface area contributed by atoms with Gasteiger partial charge in [-0.1, -0.05) is 27.5 Å².